The van der Waals surface area contributed by atoms with Gasteiger partial charge in [0.05, 0.1) is 5.69 Å². The van der Waals surface area contributed by atoms with Crippen LogP contribution in [-0.2, 0) is 11.2 Å². The number of nitrogens with one attached hydrogen (secondary N) is 1. The molecule has 24 heavy (non-hydrogen) atoms. The van der Waals surface area contributed by atoms with Crippen molar-refractivity contribution in [2.24, 2.45) is 0 Å². The topological polar surface area (TPSA) is 42.0 Å². The van der Waals surface area contributed by atoms with Gasteiger partial charge in [-0.05, 0) is 17.5 Å². The molecule has 0 radical (unpaired) electrons. The van der Waals surface area contributed by atoms with Gasteiger partial charge in [0.15, 0.2) is 5.13 Å². The maximum atomic E-state index is 11.3. The molecule has 1 aromatic heterocycles. The molecule has 3 nitrogen and oxygen atoms in total. The largest absolute Gasteiger partial charge is 0.302 e. The summed E-state index contributed by atoms with van der Waals surface area (Å²) in [4.78, 5) is 17.1. The fraction of sp³-hybridized carbons (Fsp3) is 0.200. The molecule has 122 valence electrons. The first-order valence-electron chi connectivity index (χ1n) is 8.10. The molecular weight excluding hydrogens is 316 g/mol. The number of hydrogen-bond donors (Lipinski definition) is 1. The maximum Gasteiger partial charge on any atom is 0.223 e. The van der Waals surface area contributed by atoms with Crippen molar-refractivity contribution in [3.05, 3.63) is 59.5 Å². The van der Waals surface area contributed by atoms with E-state index in [4.69, 9.17) is 0 Å². The maximum absolute atomic E-state index is 11.3. The Hall–Kier alpha value is -2.46. The number of carbonyl (C=O) groups is 1. The number of amides is 1. The number of hydrogen-bond acceptors (Lipinski definition) is 3. The van der Waals surface area contributed by atoms with Crippen LogP contribution in [0.25, 0.3) is 22.4 Å². The summed E-state index contributed by atoms with van der Waals surface area (Å²) in [7, 11) is 0. The quantitative estimate of drug-likeness (QED) is 0.679. The molecule has 0 saturated carbocycles. The van der Waals surface area contributed by atoms with Crippen molar-refractivity contribution in [2.45, 2.75) is 26.7 Å². The van der Waals surface area contributed by atoms with E-state index in [0.717, 1.165) is 24.1 Å². The van der Waals surface area contributed by atoms with Crippen molar-refractivity contribution in [2.75, 3.05) is 5.32 Å². The second kappa shape index (κ2) is 7.41. The lowest BCUT2D eigenvalue weighted by molar-refractivity contribution is -0.114. The van der Waals surface area contributed by atoms with E-state index in [1.807, 2.05) is 18.2 Å². The summed E-state index contributed by atoms with van der Waals surface area (Å²) in [6.45, 7) is 3.66. The number of aromatic nitrogens is 1. The standard InChI is InChI=1S/C20H20N2OS/c1-3-7-18-19(22-20(24-18)21-14(2)23)17-12-10-16(11-13-17)15-8-5-4-6-9-15/h4-6,8-13H,3,7H2,1-2H3,(H,21,22,23). The Morgan fingerprint density at radius 3 is 2.25 bits per heavy atom. The summed E-state index contributed by atoms with van der Waals surface area (Å²) in [6, 6.07) is 18.8. The van der Waals surface area contributed by atoms with Gasteiger partial charge in [-0.2, -0.15) is 0 Å². The fourth-order valence-corrected chi connectivity index (χ4v) is 3.76. The lowest BCUT2D eigenvalue weighted by Crippen LogP contribution is -2.04. The fourth-order valence-electron chi connectivity index (χ4n) is 2.63. The van der Waals surface area contributed by atoms with Gasteiger partial charge >= 0.3 is 0 Å². The van der Waals surface area contributed by atoms with Crippen molar-refractivity contribution in [3.8, 4) is 22.4 Å². The number of aryl methyl sites for hydroxylation is 1. The van der Waals surface area contributed by atoms with E-state index in [9.17, 15) is 4.79 Å². The van der Waals surface area contributed by atoms with Gasteiger partial charge in [-0.3, -0.25) is 4.79 Å². The lowest BCUT2D eigenvalue weighted by atomic mass is 10.0. The predicted octanol–water partition coefficient (Wildman–Crippen LogP) is 5.39. The van der Waals surface area contributed by atoms with Crippen LogP contribution in [-0.4, -0.2) is 10.9 Å². The number of thiazole rings is 1. The second-order valence-electron chi connectivity index (χ2n) is 5.67. The van der Waals surface area contributed by atoms with Crippen LogP contribution in [0, 0.1) is 0 Å². The average molecular weight is 336 g/mol. The molecule has 0 unspecified atom stereocenters. The Balaban J connectivity index is 1.93. The first-order valence-corrected chi connectivity index (χ1v) is 8.92. The van der Waals surface area contributed by atoms with E-state index in [1.165, 1.54) is 22.9 Å². The monoisotopic (exact) mass is 336 g/mol. The van der Waals surface area contributed by atoms with Crippen molar-refractivity contribution in [1.82, 2.24) is 4.98 Å². The van der Waals surface area contributed by atoms with Gasteiger partial charge < -0.3 is 5.32 Å². The summed E-state index contributed by atoms with van der Waals surface area (Å²) in [5.41, 5.74) is 4.46. The van der Waals surface area contributed by atoms with Crippen LogP contribution in [0.1, 0.15) is 25.1 Å². The summed E-state index contributed by atoms with van der Waals surface area (Å²) < 4.78 is 0. The Morgan fingerprint density at radius 2 is 1.62 bits per heavy atom. The van der Waals surface area contributed by atoms with Crippen LogP contribution in [0.3, 0.4) is 0 Å². The van der Waals surface area contributed by atoms with Crippen LogP contribution in [0.4, 0.5) is 5.13 Å². The smallest absolute Gasteiger partial charge is 0.223 e. The summed E-state index contributed by atoms with van der Waals surface area (Å²) in [5.74, 6) is -0.0854. The van der Waals surface area contributed by atoms with E-state index in [1.54, 1.807) is 11.3 Å². The van der Waals surface area contributed by atoms with Crippen LogP contribution in [0.5, 0.6) is 0 Å². The SMILES string of the molecule is CCCc1sc(NC(C)=O)nc1-c1ccc(-c2ccccc2)cc1. The molecule has 1 heterocycles. The van der Waals surface area contributed by atoms with Crippen molar-refractivity contribution in [3.63, 3.8) is 0 Å². The molecule has 0 bridgehead atoms. The molecule has 0 fully saturated rings. The van der Waals surface area contributed by atoms with Gasteiger partial charge in [-0.1, -0.05) is 67.9 Å². The Kier molecular flexibility index (Phi) is 5.06. The Bertz CT molecular complexity index is 823. The highest BCUT2D eigenvalue weighted by atomic mass is 32.1. The molecule has 0 saturated heterocycles. The minimum atomic E-state index is -0.0854. The number of benzene rings is 2. The molecular formula is C20H20N2OS. The molecule has 1 N–H and O–H groups in total. The normalized spacial score (nSPS) is 10.6. The molecule has 0 aliphatic carbocycles. The van der Waals surface area contributed by atoms with Crippen LogP contribution < -0.4 is 5.32 Å². The summed E-state index contributed by atoms with van der Waals surface area (Å²) >= 11 is 1.56. The van der Waals surface area contributed by atoms with E-state index < -0.39 is 0 Å². The predicted molar refractivity (Wildman–Crippen MR) is 101 cm³/mol. The van der Waals surface area contributed by atoms with E-state index >= 15 is 0 Å². The van der Waals surface area contributed by atoms with Gasteiger partial charge in [0.25, 0.3) is 0 Å². The summed E-state index contributed by atoms with van der Waals surface area (Å²) in [6.07, 6.45) is 2.02. The number of anilines is 1. The number of carbonyl (C=O) groups excluding carboxylic acids is 1. The molecule has 0 spiro atoms. The van der Waals surface area contributed by atoms with Gasteiger partial charge in [0.2, 0.25) is 5.91 Å². The van der Waals surface area contributed by atoms with Gasteiger partial charge in [-0.25, -0.2) is 4.98 Å². The molecule has 0 aliphatic rings. The third kappa shape index (κ3) is 3.71. The van der Waals surface area contributed by atoms with E-state index in [-0.39, 0.29) is 5.91 Å². The molecule has 3 rings (SSSR count). The minimum Gasteiger partial charge on any atom is -0.302 e. The zero-order valence-corrected chi connectivity index (χ0v) is 14.7. The minimum absolute atomic E-state index is 0.0854. The highest BCUT2D eigenvalue weighted by Crippen LogP contribution is 2.33. The number of rotatable bonds is 5. The third-order valence-corrected chi connectivity index (χ3v) is 4.75. The molecule has 1 amide bonds. The number of nitrogens with zero attached hydrogens (tertiary/aromatic N) is 1. The molecule has 0 atom stereocenters. The molecule has 3 aromatic rings. The van der Waals surface area contributed by atoms with Crippen LogP contribution >= 0.6 is 11.3 Å². The molecule has 0 aliphatic heterocycles. The summed E-state index contributed by atoms with van der Waals surface area (Å²) in [5, 5.41) is 3.47. The lowest BCUT2D eigenvalue weighted by Gasteiger charge is -2.04. The van der Waals surface area contributed by atoms with Crippen molar-refractivity contribution >= 4 is 22.4 Å². The first kappa shape index (κ1) is 16.4. The highest BCUT2D eigenvalue weighted by molar-refractivity contribution is 7.16. The van der Waals surface area contributed by atoms with E-state index in [0.29, 0.717) is 5.13 Å². The Labute approximate surface area is 146 Å². The molecule has 4 heteroatoms. The highest BCUT2D eigenvalue weighted by Gasteiger charge is 2.13. The van der Waals surface area contributed by atoms with Crippen LogP contribution in [0.15, 0.2) is 54.6 Å². The first-order chi connectivity index (χ1) is 11.7. The third-order valence-electron chi connectivity index (χ3n) is 3.72. The van der Waals surface area contributed by atoms with Gasteiger partial charge in [0.1, 0.15) is 0 Å². The zero-order chi connectivity index (χ0) is 16.9. The van der Waals surface area contributed by atoms with E-state index in [2.05, 4.69) is 53.6 Å². The van der Waals surface area contributed by atoms with Crippen molar-refractivity contribution in [1.29, 1.82) is 0 Å². The zero-order valence-electron chi connectivity index (χ0n) is 13.9. The van der Waals surface area contributed by atoms with Gasteiger partial charge in [0, 0.05) is 17.4 Å². The second-order valence-corrected chi connectivity index (χ2v) is 6.75. The Morgan fingerprint density at radius 1 is 1.00 bits per heavy atom. The average Bonchev–Trinajstić information content (AvgIpc) is 2.98. The molecule has 2 aromatic carbocycles. The van der Waals surface area contributed by atoms with Crippen molar-refractivity contribution < 1.29 is 4.79 Å². The van der Waals surface area contributed by atoms with Gasteiger partial charge in [-0.15, -0.1) is 11.3 Å². The van der Waals surface area contributed by atoms with Crippen LogP contribution in [0.2, 0.25) is 0 Å².